The number of nitrogens with zero attached hydrogens (tertiary/aromatic N) is 1. The van der Waals surface area contributed by atoms with E-state index in [1.807, 2.05) is 0 Å². The first-order valence-electron chi connectivity index (χ1n) is 7.20. The van der Waals surface area contributed by atoms with E-state index < -0.39 is 17.7 Å². The number of rotatable bonds is 2. The average Bonchev–Trinajstić information content (AvgIpc) is 2.53. The van der Waals surface area contributed by atoms with Crippen LogP contribution in [0.15, 0.2) is 46.9 Å². The maximum atomic E-state index is 13.0. The lowest BCUT2D eigenvalue weighted by Crippen LogP contribution is -2.07. The Bertz CT molecular complexity index is 1000. The SMILES string of the molecule is Cc1c(-c2cccc(C(F)(F)F)c2)nc2c(Br)cccc2c1C(=O)O. The topological polar surface area (TPSA) is 50.2 Å². The number of para-hydroxylation sites is 1. The van der Waals surface area contributed by atoms with Gasteiger partial charge in [-0.3, -0.25) is 0 Å². The molecule has 128 valence electrons. The third-order valence-corrected chi connectivity index (χ3v) is 4.53. The number of halogens is 4. The first-order chi connectivity index (χ1) is 11.7. The lowest BCUT2D eigenvalue weighted by Gasteiger charge is -2.14. The molecule has 0 radical (unpaired) electrons. The lowest BCUT2D eigenvalue weighted by atomic mass is 9.97. The van der Waals surface area contributed by atoms with E-state index in [1.54, 1.807) is 25.1 Å². The second-order valence-corrected chi connectivity index (χ2v) is 6.33. The summed E-state index contributed by atoms with van der Waals surface area (Å²) in [6.07, 6.45) is -4.49. The number of hydrogen-bond acceptors (Lipinski definition) is 2. The van der Waals surface area contributed by atoms with Crippen molar-refractivity contribution in [1.82, 2.24) is 4.98 Å². The van der Waals surface area contributed by atoms with E-state index in [9.17, 15) is 23.1 Å². The lowest BCUT2D eigenvalue weighted by molar-refractivity contribution is -0.137. The van der Waals surface area contributed by atoms with Crippen LogP contribution in [0.4, 0.5) is 13.2 Å². The van der Waals surface area contributed by atoms with E-state index in [0.29, 0.717) is 20.9 Å². The standard InChI is InChI=1S/C18H11BrF3NO2/c1-9-14(17(24)25)12-6-3-7-13(19)16(12)23-15(9)10-4-2-5-11(8-10)18(20,21)22/h2-8H,1H3,(H,24,25). The molecule has 2 aromatic carbocycles. The third kappa shape index (κ3) is 3.11. The molecule has 1 aromatic heterocycles. The van der Waals surface area contributed by atoms with Crippen LogP contribution in [0.5, 0.6) is 0 Å². The fraction of sp³-hybridized carbons (Fsp3) is 0.111. The zero-order valence-corrected chi connectivity index (χ0v) is 14.4. The zero-order chi connectivity index (χ0) is 18.4. The summed E-state index contributed by atoms with van der Waals surface area (Å²) < 4.78 is 39.5. The summed E-state index contributed by atoms with van der Waals surface area (Å²) in [4.78, 5) is 16.2. The Morgan fingerprint density at radius 1 is 1.16 bits per heavy atom. The van der Waals surface area contributed by atoms with Crippen LogP contribution in [0.2, 0.25) is 0 Å². The van der Waals surface area contributed by atoms with E-state index in [-0.39, 0.29) is 16.8 Å². The molecule has 3 aromatic rings. The number of pyridine rings is 1. The summed E-state index contributed by atoms with van der Waals surface area (Å²) in [6, 6.07) is 9.72. The minimum Gasteiger partial charge on any atom is -0.478 e. The predicted molar refractivity (Wildman–Crippen MR) is 91.6 cm³/mol. The fourth-order valence-electron chi connectivity index (χ4n) is 2.75. The molecule has 1 heterocycles. The molecule has 0 aliphatic carbocycles. The van der Waals surface area contributed by atoms with Crippen molar-refractivity contribution in [2.24, 2.45) is 0 Å². The fourth-order valence-corrected chi connectivity index (χ4v) is 3.20. The van der Waals surface area contributed by atoms with Gasteiger partial charge in [-0.05, 0) is 46.6 Å². The molecule has 7 heteroatoms. The number of carboxylic acids is 1. The maximum Gasteiger partial charge on any atom is 0.416 e. The molecular formula is C18H11BrF3NO2. The van der Waals surface area contributed by atoms with Gasteiger partial charge in [0.25, 0.3) is 0 Å². The number of aromatic nitrogens is 1. The Balaban J connectivity index is 2.36. The van der Waals surface area contributed by atoms with Crippen LogP contribution in [-0.2, 0) is 6.18 Å². The number of aromatic carboxylic acids is 1. The second-order valence-electron chi connectivity index (χ2n) is 5.48. The van der Waals surface area contributed by atoms with Gasteiger partial charge < -0.3 is 5.11 Å². The predicted octanol–water partition coefficient (Wildman–Crippen LogP) is 5.69. The molecular weight excluding hydrogens is 399 g/mol. The molecule has 0 fully saturated rings. The van der Waals surface area contributed by atoms with Crippen molar-refractivity contribution in [3.05, 3.63) is 63.6 Å². The summed E-state index contributed by atoms with van der Waals surface area (Å²) in [5.41, 5.74) is 0.347. The van der Waals surface area contributed by atoms with Gasteiger partial charge >= 0.3 is 12.1 Å². The Morgan fingerprint density at radius 2 is 1.84 bits per heavy atom. The van der Waals surface area contributed by atoms with Gasteiger partial charge in [0.15, 0.2) is 0 Å². The molecule has 0 aliphatic rings. The van der Waals surface area contributed by atoms with Gasteiger partial charge in [0, 0.05) is 15.4 Å². The van der Waals surface area contributed by atoms with E-state index in [0.717, 1.165) is 12.1 Å². The molecule has 1 N–H and O–H groups in total. The molecule has 0 amide bonds. The highest BCUT2D eigenvalue weighted by atomic mass is 79.9. The molecule has 3 rings (SSSR count). The number of benzene rings is 2. The van der Waals surface area contributed by atoms with Gasteiger partial charge in [0.1, 0.15) is 0 Å². The van der Waals surface area contributed by atoms with E-state index in [2.05, 4.69) is 20.9 Å². The second kappa shape index (κ2) is 6.15. The number of hydrogen-bond donors (Lipinski definition) is 1. The maximum absolute atomic E-state index is 13.0. The minimum absolute atomic E-state index is 0.0266. The highest BCUT2D eigenvalue weighted by molar-refractivity contribution is 9.10. The summed E-state index contributed by atoms with van der Waals surface area (Å²) in [5, 5.41) is 10.0. The first-order valence-corrected chi connectivity index (χ1v) is 7.99. The molecule has 0 unspecified atom stereocenters. The molecule has 25 heavy (non-hydrogen) atoms. The first kappa shape index (κ1) is 17.4. The quantitative estimate of drug-likeness (QED) is 0.591. The molecule has 0 saturated carbocycles. The van der Waals surface area contributed by atoms with Crippen LogP contribution in [0.25, 0.3) is 22.2 Å². The Kier molecular flexibility index (Phi) is 4.28. The van der Waals surface area contributed by atoms with Gasteiger partial charge in [-0.1, -0.05) is 24.3 Å². The summed E-state index contributed by atoms with van der Waals surface area (Å²) in [6.45, 7) is 1.55. The van der Waals surface area contributed by atoms with Crippen molar-refractivity contribution in [3.63, 3.8) is 0 Å². The smallest absolute Gasteiger partial charge is 0.416 e. The minimum atomic E-state index is -4.49. The van der Waals surface area contributed by atoms with Crippen molar-refractivity contribution in [3.8, 4) is 11.3 Å². The normalized spacial score (nSPS) is 11.7. The summed E-state index contributed by atoms with van der Waals surface area (Å²) >= 11 is 3.32. The van der Waals surface area contributed by atoms with E-state index in [1.165, 1.54) is 12.1 Å². The number of carboxylic acid groups (broad SMARTS) is 1. The Hall–Kier alpha value is -2.41. The number of carbonyl (C=O) groups is 1. The van der Waals surface area contributed by atoms with Crippen LogP contribution in [0.3, 0.4) is 0 Å². The molecule has 0 aliphatic heterocycles. The number of alkyl halides is 3. The van der Waals surface area contributed by atoms with Crippen molar-refractivity contribution in [2.75, 3.05) is 0 Å². The Morgan fingerprint density at radius 3 is 2.48 bits per heavy atom. The number of fused-ring (bicyclic) bond motifs is 1. The van der Waals surface area contributed by atoms with Gasteiger partial charge in [-0.2, -0.15) is 13.2 Å². The van der Waals surface area contributed by atoms with Crippen LogP contribution in [0, 0.1) is 6.92 Å². The monoisotopic (exact) mass is 409 g/mol. The van der Waals surface area contributed by atoms with Crippen LogP contribution < -0.4 is 0 Å². The third-order valence-electron chi connectivity index (χ3n) is 3.89. The highest BCUT2D eigenvalue weighted by Crippen LogP contribution is 2.35. The van der Waals surface area contributed by atoms with E-state index >= 15 is 0 Å². The Labute approximate surface area is 149 Å². The zero-order valence-electron chi connectivity index (χ0n) is 12.9. The molecule has 0 atom stereocenters. The van der Waals surface area contributed by atoms with Crippen molar-refractivity contribution < 1.29 is 23.1 Å². The van der Waals surface area contributed by atoms with Gasteiger partial charge in [0.2, 0.25) is 0 Å². The van der Waals surface area contributed by atoms with Crippen molar-refractivity contribution >= 4 is 32.8 Å². The van der Waals surface area contributed by atoms with Crippen LogP contribution >= 0.6 is 15.9 Å². The summed E-state index contributed by atoms with van der Waals surface area (Å²) in [5.74, 6) is -1.16. The van der Waals surface area contributed by atoms with Gasteiger partial charge in [0.05, 0.1) is 22.3 Å². The van der Waals surface area contributed by atoms with Crippen LogP contribution in [0.1, 0.15) is 21.5 Å². The molecule has 3 nitrogen and oxygen atoms in total. The van der Waals surface area contributed by atoms with Crippen molar-refractivity contribution in [2.45, 2.75) is 13.1 Å². The largest absolute Gasteiger partial charge is 0.478 e. The molecule has 0 spiro atoms. The highest BCUT2D eigenvalue weighted by Gasteiger charge is 2.31. The van der Waals surface area contributed by atoms with Gasteiger partial charge in [-0.25, -0.2) is 9.78 Å². The molecule has 0 saturated heterocycles. The van der Waals surface area contributed by atoms with E-state index in [4.69, 9.17) is 0 Å². The average molecular weight is 410 g/mol. The van der Waals surface area contributed by atoms with Crippen LogP contribution in [-0.4, -0.2) is 16.1 Å². The van der Waals surface area contributed by atoms with Crippen molar-refractivity contribution in [1.29, 1.82) is 0 Å². The summed E-state index contributed by atoms with van der Waals surface area (Å²) in [7, 11) is 0. The molecule has 0 bridgehead atoms. The van der Waals surface area contributed by atoms with Gasteiger partial charge in [-0.15, -0.1) is 0 Å².